The maximum absolute atomic E-state index is 12.5. The SMILES string of the molecule is CC(=O)Cn1c(C)ccc(N)c1=O.CC/C=C/CC[C@H](NCC)C(=O)Nc1ccc(C)n(CC(C)=O)c1=O. The lowest BCUT2D eigenvalue weighted by Crippen LogP contribution is -2.41. The summed E-state index contributed by atoms with van der Waals surface area (Å²) >= 11 is 0. The lowest BCUT2D eigenvalue weighted by atomic mass is 10.1. The molecule has 4 N–H and O–H groups in total. The standard InChI is InChI=1S/C19H29N3O3.C9H12N2O2/c1-5-7-8-9-10-16(20-6-2)18(24)21-17-12-11-14(3)22(19(17)25)13-15(4)23;1-6-3-4-8(10)9(13)11(6)5-7(2)12/h7-8,11-12,16,20H,5-6,9-10,13H2,1-4H3,(H,21,24);3-4H,5,10H2,1-2H3/b8-7+;/t16-;/m0./s1. The van der Waals surface area contributed by atoms with E-state index in [2.05, 4.69) is 29.7 Å². The maximum atomic E-state index is 12.5. The van der Waals surface area contributed by atoms with Gasteiger partial charge in [-0.3, -0.25) is 24.0 Å². The summed E-state index contributed by atoms with van der Waals surface area (Å²) in [6.45, 7) is 11.2. The minimum absolute atomic E-state index is 0.00677. The van der Waals surface area contributed by atoms with Crippen LogP contribution in [0.4, 0.5) is 11.4 Å². The number of nitrogen functional groups attached to an aromatic ring is 1. The molecule has 0 aliphatic heterocycles. The normalized spacial score (nSPS) is 11.5. The van der Waals surface area contributed by atoms with E-state index in [1.807, 2.05) is 6.92 Å². The molecule has 2 aromatic heterocycles. The summed E-state index contributed by atoms with van der Waals surface area (Å²) < 4.78 is 2.75. The number of anilines is 2. The Morgan fingerprint density at radius 1 is 0.895 bits per heavy atom. The van der Waals surface area contributed by atoms with Crippen molar-refractivity contribution in [3.05, 3.63) is 68.5 Å². The highest BCUT2D eigenvalue weighted by molar-refractivity contribution is 5.94. The van der Waals surface area contributed by atoms with Crippen molar-refractivity contribution < 1.29 is 14.4 Å². The molecule has 2 aromatic rings. The molecule has 0 aromatic carbocycles. The first-order valence-corrected chi connectivity index (χ1v) is 12.8. The topological polar surface area (TPSA) is 145 Å². The van der Waals surface area contributed by atoms with Crippen LogP contribution in [0.1, 0.15) is 58.3 Å². The van der Waals surface area contributed by atoms with E-state index < -0.39 is 0 Å². The second-order valence-corrected chi connectivity index (χ2v) is 9.06. The zero-order valence-corrected chi connectivity index (χ0v) is 23.3. The number of hydrogen-bond donors (Lipinski definition) is 3. The molecule has 38 heavy (non-hydrogen) atoms. The Morgan fingerprint density at radius 2 is 1.45 bits per heavy atom. The van der Waals surface area contributed by atoms with Crippen LogP contribution in [0.5, 0.6) is 0 Å². The van der Waals surface area contributed by atoms with Crippen LogP contribution in [0.2, 0.25) is 0 Å². The van der Waals surface area contributed by atoms with E-state index in [9.17, 15) is 24.0 Å². The Morgan fingerprint density at radius 3 is 1.97 bits per heavy atom. The molecule has 10 nitrogen and oxygen atoms in total. The Bertz CT molecular complexity index is 1260. The second kappa shape index (κ2) is 16.1. The van der Waals surface area contributed by atoms with Gasteiger partial charge < -0.3 is 25.5 Å². The number of nitrogens with two attached hydrogens (primary N) is 1. The van der Waals surface area contributed by atoms with E-state index in [0.29, 0.717) is 18.7 Å². The van der Waals surface area contributed by atoms with Crippen LogP contribution < -0.4 is 27.5 Å². The molecule has 0 aliphatic carbocycles. The molecule has 0 bridgehead atoms. The number of nitrogens with one attached hydrogen (secondary N) is 2. The van der Waals surface area contributed by atoms with E-state index >= 15 is 0 Å². The molecule has 0 aliphatic rings. The molecule has 0 unspecified atom stereocenters. The molecule has 2 heterocycles. The summed E-state index contributed by atoms with van der Waals surface area (Å²) in [4.78, 5) is 58.6. The largest absolute Gasteiger partial charge is 0.394 e. The third-order valence-electron chi connectivity index (χ3n) is 5.63. The predicted molar refractivity (Wildman–Crippen MR) is 151 cm³/mol. The molecule has 10 heteroatoms. The monoisotopic (exact) mass is 527 g/mol. The van der Waals surface area contributed by atoms with Crippen molar-refractivity contribution in [2.24, 2.45) is 0 Å². The summed E-state index contributed by atoms with van der Waals surface area (Å²) in [5.41, 5.74) is 6.57. The van der Waals surface area contributed by atoms with Crippen molar-refractivity contribution in [1.29, 1.82) is 0 Å². The van der Waals surface area contributed by atoms with Crippen molar-refractivity contribution in [3.63, 3.8) is 0 Å². The molecule has 0 saturated carbocycles. The first-order chi connectivity index (χ1) is 17.9. The van der Waals surface area contributed by atoms with Crippen LogP contribution in [-0.4, -0.2) is 39.2 Å². The summed E-state index contributed by atoms with van der Waals surface area (Å²) in [7, 11) is 0. The Labute approximate surface area is 223 Å². The number of pyridine rings is 2. The van der Waals surface area contributed by atoms with Crippen LogP contribution in [0.3, 0.4) is 0 Å². The maximum Gasteiger partial charge on any atom is 0.274 e. The zero-order chi connectivity index (χ0) is 28.8. The average Bonchev–Trinajstić information content (AvgIpc) is 2.85. The van der Waals surface area contributed by atoms with Gasteiger partial charge in [0.2, 0.25) is 5.91 Å². The molecule has 0 saturated heterocycles. The van der Waals surface area contributed by atoms with Crippen molar-refractivity contribution in [2.75, 3.05) is 17.6 Å². The van der Waals surface area contributed by atoms with Crippen molar-refractivity contribution in [1.82, 2.24) is 14.5 Å². The van der Waals surface area contributed by atoms with Gasteiger partial charge in [0, 0.05) is 11.4 Å². The highest BCUT2D eigenvalue weighted by atomic mass is 16.2. The van der Waals surface area contributed by atoms with Gasteiger partial charge in [-0.25, -0.2) is 0 Å². The van der Waals surface area contributed by atoms with Crippen molar-refractivity contribution in [2.45, 2.75) is 79.9 Å². The van der Waals surface area contributed by atoms with Gasteiger partial charge in [0.05, 0.1) is 24.8 Å². The lowest BCUT2D eigenvalue weighted by molar-refractivity contribution is -0.118. The minimum Gasteiger partial charge on any atom is -0.394 e. The molecule has 1 atom stereocenters. The van der Waals surface area contributed by atoms with Gasteiger partial charge in [-0.05, 0) is 77.8 Å². The Hall–Kier alpha value is -3.79. The fourth-order valence-corrected chi connectivity index (χ4v) is 3.63. The third-order valence-corrected chi connectivity index (χ3v) is 5.63. The molecule has 2 rings (SSSR count). The highest BCUT2D eigenvalue weighted by Crippen LogP contribution is 2.07. The number of rotatable bonds is 12. The summed E-state index contributed by atoms with van der Waals surface area (Å²) in [6, 6.07) is 6.22. The van der Waals surface area contributed by atoms with Crippen LogP contribution in [0.15, 0.2) is 46.0 Å². The first kappa shape index (κ1) is 32.2. The van der Waals surface area contributed by atoms with E-state index in [1.165, 1.54) is 23.0 Å². The summed E-state index contributed by atoms with van der Waals surface area (Å²) in [6.07, 6.45) is 6.55. The van der Waals surface area contributed by atoms with E-state index in [0.717, 1.165) is 18.5 Å². The van der Waals surface area contributed by atoms with Crippen LogP contribution >= 0.6 is 0 Å². The fraction of sp³-hybridized carbons (Fsp3) is 0.464. The van der Waals surface area contributed by atoms with Gasteiger partial charge >= 0.3 is 0 Å². The van der Waals surface area contributed by atoms with Gasteiger partial charge in [0.25, 0.3) is 11.1 Å². The molecule has 0 radical (unpaired) electrons. The Kier molecular flexibility index (Phi) is 13.7. The van der Waals surface area contributed by atoms with E-state index in [-0.39, 0.29) is 59.1 Å². The lowest BCUT2D eigenvalue weighted by Gasteiger charge is -2.17. The first-order valence-electron chi connectivity index (χ1n) is 12.8. The molecular weight excluding hydrogens is 486 g/mol. The molecule has 208 valence electrons. The van der Waals surface area contributed by atoms with Gasteiger partial charge in [-0.1, -0.05) is 26.0 Å². The number of Topliss-reactive ketones (excluding diaryl/α,β-unsaturated/α-hetero) is 2. The highest BCUT2D eigenvalue weighted by Gasteiger charge is 2.18. The summed E-state index contributed by atoms with van der Waals surface area (Å²) in [5.74, 6) is -0.403. The number of aryl methyl sites for hydroxylation is 2. The van der Waals surface area contributed by atoms with Crippen molar-refractivity contribution in [3.8, 4) is 0 Å². The predicted octanol–water partition coefficient (Wildman–Crippen LogP) is 2.74. The second-order valence-electron chi connectivity index (χ2n) is 9.06. The molecule has 0 spiro atoms. The number of allylic oxidation sites excluding steroid dienone is 2. The third kappa shape index (κ3) is 10.3. The van der Waals surface area contributed by atoms with Crippen LogP contribution in [0, 0.1) is 13.8 Å². The number of aromatic nitrogens is 2. The average molecular weight is 528 g/mol. The number of carbonyl (C=O) groups is 3. The van der Waals surface area contributed by atoms with Crippen LogP contribution in [-0.2, 0) is 27.5 Å². The van der Waals surface area contributed by atoms with Crippen molar-refractivity contribution >= 4 is 28.8 Å². The number of ketones is 2. The quantitative estimate of drug-likeness (QED) is 0.360. The fourth-order valence-electron chi connectivity index (χ4n) is 3.63. The number of amides is 1. The number of carbonyl (C=O) groups excluding carboxylic acids is 3. The van der Waals surface area contributed by atoms with E-state index in [4.69, 9.17) is 5.73 Å². The van der Waals surface area contributed by atoms with Gasteiger partial charge in [0.15, 0.2) is 0 Å². The number of hydrogen-bond acceptors (Lipinski definition) is 7. The van der Waals surface area contributed by atoms with Gasteiger partial charge in [-0.15, -0.1) is 0 Å². The molecule has 0 fully saturated rings. The Balaban J connectivity index is 0.000000464. The number of likely N-dealkylation sites (N-methyl/N-ethyl adjacent to an activating group) is 1. The summed E-state index contributed by atoms with van der Waals surface area (Å²) in [5, 5.41) is 5.86. The molecule has 1 amide bonds. The van der Waals surface area contributed by atoms with Crippen LogP contribution in [0.25, 0.3) is 0 Å². The number of nitrogens with zero attached hydrogens (tertiary/aromatic N) is 2. The zero-order valence-electron chi connectivity index (χ0n) is 23.3. The molecular formula is C28H41N5O5. The van der Waals surface area contributed by atoms with Gasteiger partial charge in [-0.2, -0.15) is 0 Å². The van der Waals surface area contributed by atoms with Gasteiger partial charge in [0.1, 0.15) is 17.3 Å². The minimum atomic E-state index is -0.367. The smallest absolute Gasteiger partial charge is 0.274 e. The van der Waals surface area contributed by atoms with E-state index in [1.54, 1.807) is 38.1 Å².